The normalized spacial score (nSPS) is 31.9. The SMILES string of the molecule is O=C([C@H]1[C@H]2CC[C@H](C2)[C@@H]1c1nc(-c2ccsc2)no1)N1CCCC1. The predicted molar refractivity (Wildman–Crippen MR) is 90.5 cm³/mol. The summed E-state index contributed by atoms with van der Waals surface area (Å²) in [5, 5.41) is 8.22. The quantitative estimate of drug-likeness (QED) is 0.855. The number of thiophene rings is 1. The number of aromatic nitrogens is 2. The summed E-state index contributed by atoms with van der Waals surface area (Å²) < 4.78 is 5.64. The number of hydrogen-bond acceptors (Lipinski definition) is 5. The van der Waals surface area contributed by atoms with Gasteiger partial charge in [0, 0.05) is 24.0 Å². The van der Waals surface area contributed by atoms with E-state index in [0.717, 1.165) is 37.9 Å². The van der Waals surface area contributed by atoms with E-state index in [1.807, 2.05) is 16.8 Å². The molecule has 0 unspecified atom stereocenters. The minimum absolute atomic E-state index is 0.0534. The zero-order valence-corrected chi connectivity index (χ0v) is 14.4. The Labute approximate surface area is 145 Å². The summed E-state index contributed by atoms with van der Waals surface area (Å²) in [6.07, 6.45) is 5.79. The molecule has 2 aromatic heterocycles. The van der Waals surface area contributed by atoms with Gasteiger partial charge in [-0.15, -0.1) is 0 Å². The molecule has 0 N–H and O–H groups in total. The van der Waals surface area contributed by atoms with E-state index in [1.54, 1.807) is 11.3 Å². The van der Waals surface area contributed by atoms with E-state index in [4.69, 9.17) is 4.52 Å². The summed E-state index contributed by atoms with van der Waals surface area (Å²) in [6.45, 7) is 1.84. The molecule has 3 aliphatic rings. The van der Waals surface area contributed by atoms with Gasteiger partial charge in [-0.3, -0.25) is 4.79 Å². The van der Waals surface area contributed by atoms with Crippen molar-refractivity contribution in [3.63, 3.8) is 0 Å². The smallest absolute Gasteiger partial charge is 0.231 e. The van der Waals surface area contributed by atoms with E-state index >= 15 is 0 Å². The van der Waals surface area contributed by atoms with E-state index in [-0.39, 0.29) is 11.8 Å². The number of hydrogen-bond donors (Lipinski definition) is 0. The maximum atomic E-state index is 13.1. The van der Waals surface area contributed by atoms with Crippen LogP contribution in [-0.4, -0.2) is 34.0 Å². The molecule has 2 bridgehead atoms. The standard InChI is InChI=1S/C18H21N3O2S/c22-18(21-6-1-2-7-21)15-12-4-3-11(9-12)14(15)17-19-16(20-23-17)13-5-8-24-10-13/h5,8,10-12,14-15H,1-4,6-7,9H2/t11-,12+,14+,15+/m1/s1. The molecule has 5 nitrogen and oxygen atoms in total. The molecule has 5 rings (SSSR count). The van der Waals surface area contributed by atoms with Crippen molar-refractivity contribution in [2.45, 2.75) is 38.0 Å². The van der Waals surface area contributed by atoms with Crippen LogP contribution >= 0.6 is 11.3 Å². The fourth-order valence-electron chi connectivity index (χ4n) is 5.03. The van der Waals surface area contributed by atoms with Crippen molar-refractivity contribution in [3.05, 3.63) is 22.7 Å². The van der Waals surface area contributed by atoms with Crippen molar-refractivity contribution < 1.29 is 9.32 Å². The Kier molecular flexibility index (Phi) is 3.47. The third kappa shape index (κ3) is 2.23. The van der Waals surface area contributed by atoms with Crippen LogP contribution < -0.4 is 0 Å². The number of likely N-dealkylation sites (tertiary alicyclic amines) is 1. The van der Waals surface area contributed by atoms with Crippen LogP contribution in [-0.2, 0) is 4.79 Å². The van der Waals surface area contributed by atoms with E-state index in [1.165, 1.54) is 12.8 Å². The van der Waals surface area contributed by atoms with Gasteiger partial charge in [0.05, 0.1) is 11.8 Å². The average molecular weight is 343 g/mol. The number of carbonyl (C=O) groups excluding carboxylic acids is 1. The molecule has 3 heterocycles. The first-order chi connectivity index (χ1) is 11.8. The zero-order valence-electron chi connectivity index (χ0n) is 13.6. The van der Waals surface area contributed by atoms with Gasteiger partial charge in [-0.2, -0.15) is 16.3 Å². The summed E-state index contributed by atoms with van der Waals surface area (Å²) in [4.78, 5) is 19.8. The van der Waals surface area contributed by atoms with Crippen LogP contribution in [0, 0.1) is 17.8 Å². The number of rotatable bonds is 3. The average Bonchev–Trinajstić information content (AvgIpc) is 3.43. The van der Waals surface area contributed by atoms with Crippen LogP contribution in [0.4, 0.5) is 0 Å². The topological polar surface area (TPSA) is 59.2 Å². The second-order valence-electron chi connectivity index (χ2n) is 7.39. The van der Waals surface area contributed by atoms with Gasteiger partial charge in [0.15, 0.2) is 0 Å². The maximum Gasteiger partial charge on any atom is 0.231 e. The molecule has 0 aromatic carbocycles. The molecule has 2 aromatic rings. The molecule has 1 amide bonds. The van der Waals surface area contributed by atoms with Crippen LogP contribution in [0.2, 0.25) is 0 Å². The molecule has 2 saturated carbocycles. The lowest BCUT2D eigenvalue weighted by Crippen LogP contribution is -2.39. The Morgan fingerprint density at radius 3 is 2.88 bits per heavy atom. The molecule has 0 radical (unpaired) electrons. The third-order valence-electron chi connectivity index (χ3n) is 6.13. The van der Waals surface area contributed by atoms with Crippen molar-refractivity contribution in [1.82, 2.24) is 15.0 Å². The zero-order chi connectivity index (χ0) is 16.1. The molecule has 2 aliphatic carbocycles. The highest BCUT2D eigenvalue weighted by atomic mass is 32.1. The van der Waals surface area contributed by atoms with E-state index in [0.29, 0.717) is 29.5 Å². The van der Waals surface area contributed by atoms with Crippen LogP contribution in [0.5, 0.6) is 0 Å². The van der Waals surface area contributed by atoms with Gasteiger partial charge in [0.2, 0.25) is 17.6 Å². The van der Waals surface area contributed by atoms with Gasteiger partial charge >= 0.3 is 0 Å². The van der Waals surface area contributed by atoms with E-state index in [2.05, 4.69) is 15.0 Å². The predicted octanol–water partition coefficient (Wildman–Crippen LogP) is 3.55. The highest BCUT2D eigenvalue weighted by Crippen LogP contribution is 2.57. The van der Waals surface area contributed by atoms with Crippen LogP contribution in [0.3, 0.4) is 0 Å². The van der Waals surface area contributed by atoms with Crippen LogP contribution in [0.25, 0.3) is 11.4 Å². The maximum absolute atomic E-state index is 13.1. The lowest BCUT2D eigenvalue weighted by atomic mass is 9.78. The monoisotopic (exact) mass is 343 g/mol. The Morgan fingerprint density at radius 1 is 1.25 bits per heavy atom. The summed E-state index contributed by atoms with van der Waals surface area (Å²) in [7, 11) is 0. The Morgan fingerprint density at radius 2 is 2.08 bits per heavy atom. The minimum atomic E-state index is 0.0534. The lowest BCUT2D eigenvalue weighted by molar-refractivity contribution is -0.137. The van der Waals surface area contributed by atoms with Gasteiger partial charge in [-0.05, 0) is 55.4 Å². The number of carbonyl (C=O) groups is 1. The number of nitrogens with zero attached hydrogens (tertiary/aromatic N) is 3. The second kappa shape index (κ2) is 5.69. The number of fused-ring (bicyclic) bond motifs is 2. The van der Waals surface area contributed by atoms with E-state index < -0.39 is 0 Å². The molecular weight excluding hydrogens is 322 g/mol. The summed E-state index contributed by atoms with van der Waals surface area (Å²) >= 11 is 1.63. The summed E-state index contributed by atoms with van der Waals surface area (Å²) in [5.41, 5.74) is 1.00. The van der Waals surface area contributed by atoms with Crippen LogP contribution in [0.15, 0.2) is 21.3 Å². The summed E-state index contributed by atoms with van der Waals surface area (Å²) in [5.74, 6) is 2.88. The highest BCUT2D eigenvalue weighted by Gasteiger charge is 2.54. The first-order valence-corrected chi connectivity index (χ1v) is 9.90. The molecule has 6 heteroatoms. The molecule has 1 saturated heterocycles. The first kappa shape index (κ1) is 14.6. The Bertz CT molecular complexity index is 735. The third-order valence-corrected chi connectivity index (χ3v) is 6.81. The van der Waals surface area contributed by atoms with Crippen molar-refractivity contribution in [2.24, 2.45) is 17.8 Å². The molecule has 0 spiro atoms. The van der Waals surface area contributed by atoms with Crippen molar-refractivity contribution >= 4 is 17.2 Å². The second-order valence-corrected chi connectivity index (χ2v) is 8.17. The fourth-order valence-corrected chi connectivity index (χ4v) is 5.66. The highest BCUT2D eigenvalue weighted by molar-refractivity contribution is 7.08. The molecule has 1 aliphatic heterocycles. The van der Waals surface area contributed by atoms with Gasteiger partial charge in [0.1, 0.15) is 0 Å². The fraction of sp³-hybridized carbons (Fsp3) is 0.611. The van der Waals surface area contributed by atoms with Crippen molar-refractivity contribution in [2.75, 3.05) is 13.1 Å². The van der Waals surface area contributed by atoms with Gasteiger partial charge in [-0.1, -0.05) is 5.16 Å². The van der Waals surface area contributed by atoms with Crippen LogP contribution in [0.1, 0.15) is 43.9 Å². The Balaban J connectivity index is 1.45. The van der Waals surface area contributed by atoms with Gasteiger partial charge in [0.25, 0.3) is 0 Å². The van der Waals surface area contributed by atoms with Gasteiger partial charge < -0.3 is 9.42 Å². The molecular formula is C18H21N3O2S. The largest absolute Gasteiger partial charge is 0.342 e. The molecule has 24 heavy (non-hydrogen) atoms. The van der Waals surface area contributed by atoms with E-state index in [9.17, 15) is 4.79 Å². The number of amides is 1. The summed E-state index contributed by atoms with van der Waals surface area (Å²) in [6, 6.07) is 2.01. The van der Waals surface area contributed by atoms with Crippen molar-refractivity contribution in [1.29, 1.82) is 0 Å². The lowest BCUT2D eigenvalue weighted by Gasteiger charge is -2.30. The minimum Gasteiger partial charge on any atom is -0.342 e. The van der Waals surface area contributed by atoms with Crippen molar-refractivity contribution in [3.8, 4) is 11.4 Å². The van der Waals surface area contributed by atoms with Gasteiger partial charge in [-0.25, -0.2) is 0 Å². The molecule has 4 atom stereocenters. The molecule has 3 fully saturated rings. The Hall–Kier alpha value is -1.69. The first-order valence-electron chi connectivity index (χ1n) is 8.96. The molecule has 126 valence electrons.